The van der Waals surface area contributed by atoms with Crippen molar-refractivity contribution in [1.82, 2.24) is 0 Å². The van der Waals surface area contributed by atoms with Crippen LogP contribution in [0.15, 0.2) is 127 Å². The Morgan fingerprint density at radius 2 is 1.37 bits per heavy atom. The summed E-state index contributed by atoms with van der Waals surface area (Å²) < 4.78 is 18.3. The van der Waals surface area contributed by atoms with E-state index in [9.17, 15) is 4.79 Å². The van der Waals surface area contributed by atoms with Gasteiger partial charge in [-0.3, -0.25) is 0 Å². The van der Waals surface area contributed by atoms with Crippen molar-refractivity contribution in [2.45, 2.75) is 97.0 Å². The van der Waals surface area contributed by atoms with E-state index < -0.39 is 8.32 Å². The van der Waals surface area contributed by atoms with E-state index >= 15 is 0 Å². The van der Waals surface area contributed by atoms with Crippen LogP contribution in [-0.2, 0) is 25.3 Å². The summed E-state index contributed by atoms with van der Waals surface area (Å²) in [5, 5.41) is 2.64. The molecule has 46 heavy (non-hydrogen) atoms. The topological polar surface area (TPSA) is 44.8 Å². The van der Waals surface area contributed by atoms with Gasteiger partial charge in [-0.15, -0.1) is 0 Å². The molecule has 0 saturated carbocycles. The fourth-order valence-corrected chi connectivity index (χ4v) is 10.5. The van der Waals surface area contributed by atoms with Crippen LogP contribution in [0, 0.1) is 0 Å². The molecule has 0 fully saturated rings. The SMILES string of the molecule is CO[C@H](C/C=C/C=C(\C)C(=O)OCc1ccccc1)CC/C=C/CCC[C@@H](C)O[Si](c1ccccc1)(c1ccccc1)C(C)(C)C. The van der Waals surface area contributed by atoms with E-state index in [1.54, 1.807) is 20.1 Å². The highest BCUT2D eigenvalue weighted by molar-refractivity contribution is 6.99. The second kappa shape index (κ2) is 19.2. The Kier molecular flexibility index (Phi) is 15.4. The highest BCUT2D eigenvalue weighted by atomic mass is 28.4. The van der Waals surface area contributed by atoms with Gasteiger partial charge in [0.1, 0.15) is 6.61 Å². The largest absolute Gasteiger partial charge is 0.457 e. The fourth-order valence-electron chi connectivity index (χ4n) is 5.77. The molecule has 0 unspecified atom stereocenters. The lowest BCUT2D eigenvalue weighted by atomic mass is 10.1. The Morgan fingerprint density at radius 3 is 1.93 bits per heavy atom. The molecule has 0 aliphatic rings. The summed E-state index contributed by atoms with van der Waals surface area (Å²) in [5.74, 6) is -0.300. The first kappa shape index (κ1) is 36.9. The number of hydrogen-bond acceptors (Lipinski definition) is 4. The first-order valence-corrected chi connectivity index (χ1v) is 18.6. The maximum Gasteiger partial charge on any atom is 0.334 e. The molecule has 0 radical (unpaired) electrons. The molecule has 4 nitrogen and oxygen atoms in total. The number of rotatable bonds is 18. The third-order valence-electron chi connectivity index (χ3n) is 8.35. The normalized spacial score (nSPS) is 14.1. The molecule has 246 valence electrons. The highest BCUT2D eigenvalue weighted by Crippen LogP contribution is 2.38. The van der Waals surface area contributed by atoms with E-state index in [0.29, 0.717) is 5.57 Å². The summed E-state index contributed by atoms with van der Waals surface area (Å²) in [6.45, 7) is 11.3. The number of allylic oxidation sites excluding steroid dienone is 4. The molecule has 0 saturated heterocycles. The molecule has 0 aliphatic carbocycles. The standard InChI is InChI=1S/C41H54O4Si/c1-34(40(42)44-33-36-25-14-10-15-26-36)23-21-22-28-37(43-6)27-16-9-7-8-13-24-35(2)45-46(41(3,4)5,38-29-17-11-18-30-38)39-31-19-12-20-32-39/h7,9-12,14-15,17-23,25-26,29-32,35,37H,8,13,16,24,27-28,33H2,1-6H3/b9-7+,22-21+,34-23+/t35-,37+/m1/s1. The van der Waals surface area contributed by atoms with Crippen molar-refractivity contribution >= 4 is 24.7 Å². The summed E-state index contributed by atoms with van der Waals surface area (Å²) >= 11 is 0. The van der Waals surface area contributed by atoms with Gasteiger partial charge in [-0.2, -0.15) is 0 Å². The van der Waals surface area contributed by atoms with Gasteiger partial charge in [0.05, 0.1) is 6.10 Å². The molecule has 2 atom stereocenters. The minimum Gasteiger partial charge on any atom is -0.457 e. The summed E-state index contributed by atoms with van der Waals surface area (Å²) in [6.07, 6.45) is 16.5. The van der Waals surface area contributed by atoms with Gasteiger partial charge in [0, 0.05) is 18.8 Å². The molecule has 0 aromatic heterocycles. The van der Waals surface area contributed by atoms with E-state index in [2.05, 4.69) is 107 Å². The molecule has 0 amide bonds. The van der Waals surface area contributed by atoms with Crippen LogP contribution in [0.2, 0.25) is 5.04 Å². The quantitative estimate of drug-likeness (QED) is 0.0348. The molecular formula is C41H54O4Si. The van der Waals surface area contributed by atoms with Crippen molar-refractivity contribution < 1.29 is 18.7 Å². The highest BCUT2D eigenvalue weighted by Gasteiger charge is 2.50. The summed E-state index contributed by atoms with van der Waals surface area (Å²) in [5.41, 5.74) is 1.56. The van der Waals surface area contributed by atoms with Crippen molar-refractivity contribution in [1.29, 1.82) is 0 Å². The maximum atomic E-state index is 12.2. The van der Waals surface area contributed by atoms with Gasteiger partial charge in [-0.25, -0.2) is 4.79 Å². The van der Waals surface area contributed by atoms with Gasteiger partial charge in [-0.05, 0) is 73.3 Å². The van der Waals surface area contributed by atoms with Crippen LogP contribution >= 0.6 is 0 Å². The lowest BCUT2D eigenvalue weighted by molar-refractivity contribution is -0.140. The number of ether oxygens (including phenoxy) is 2. The molecule has 0 N–H and O–H groups in total. The summed E-state index contributed by atoms with van der Waals surface area (Å²) in [6, 6.07) is 31.5. The van der Waals surface area contributed by atoms with Crippen molar-refractivity contribution in [3.05, 3.63) is 133 Å². The average Bonchev–Trinajstić information content (AvgIpc) is 3.07. The van der Waals surface area contributed by atoms with Crippen molar-refractivity contribution in [3.8, 4) is 0 Å². The molecule has 0 aliphatic heterocycles. The number of unbranched alkanes of at least 4 members (excludes halogenated alkanes) is 1. The van der Waals surface area contributed by atoms with E-state index in [0.717, 1.165) is 44.1 Å². The number of hydrogen-bond donors (Lipinski definition) is 0. The molecule has 5 heteroatoms. The third-order valence-corrected chi connectivity index (χ3v) is 13.5. The van der Waals surface area contributed by atoms with E-state index in [1.807, 2.05) is 36.4 Å². The third kappa shape index (κ3) is 11.4. The Balaban J connectivity index is 1.42. The maximum absolute atomic E-state index is 12.2. The lowest BCUT2D eigenvalue weighted by Gasteiger charge is -2.44. The van der Waals surface area contributed by atoms with Crippen LogP contribution in [0.3, 0.4) is 0 Å². The second-order valence-corrected chi connectivity index (χ2v) is 17.3. The number of carbonyl (C=O) groups is 1. The van der Waals surface area contributed by atoms with Crippen LogP contribution in [0.25, 0.3) is 0 Å². The van der Waals surface area contributed by atoms with Gasteiger partial charge >= 0.3 is 5.97 Å². The molecule has 0 spiro atoms. The Labute approximate surface area is 279 Å². The molecule has 3 rings (SSSR count). The monoisotopic (exact) mass is 638 g/mol. The number of esters is 1. The zero-order chi connectivity index (χ0) is 33.3. The van der Waals surface area contributed by atoms with Gasteiger partial charge in [0.2, 0.25) is 0 Å². The van der Waals surface area contributed by atoms with E-state index in [-0.39, 0.29) is 29.8 Å². The van der Waals surface area contributed by atoms with Crippen LogP contribution in [0.4, 0.5) is 0 Å². The van der Waals surface area contributed by atoms with E-state index in [4.69, 9.17) is 13.9 Å². The number of carbonyl (C=O) groups excluding carboxylic acids is 1. The fraction of sp³-hybridized carbons (Fsp3) is 0.390. The van der Waals surface area contributed by atoms with Gasteiger partial charge in [0.15, 0.2) is 0 Å². The van der Waals surface area contributed by atoms with Gasteiger partial charge in [0.25, 0.3) is 8.32 Å². The first-order chi connectivity index (χ1) is 22.2. The minimum absolute atomic E-state index is 0.0135. The summed E-state index contributed by atoms with van der Waals surface area (Å²) in [7, 11) is -0.756. The molecule has 3 aromatic carbocycles. The van der Waals surface area contributed by atoms with Gasteiger partial charge in [-0.1, -0.05) is 142 Å². The van der Waals surface area contributed by atoms with Crippen molar-refractivity contribution in [2.75, 3.05) is 7.11 Å². The van der Waals surface area contributed by atoms with Gasteiger partial charge < -0.3 is 13.9 Å². The predicted molar refractivity (Wildman–Crippen MR) is 195 cm³/mol. The number of benzene rings is 3. The molecule has 0 bridgehead atoms. The van der Waals surface area contributed by atoms with Crippen LogP contribution < -0.4 is 10.4 Å². The zero-order valence-corrected chi connectivity index (χ0v) is 29.8. The zero-order valence-electron chi connectivity index (χ0n) is 28.8. The van der Waals surface area contributed by atoms with Crippen LogP contribution in [0.1, 0.15) is 78.7 Å². The molecule has 0 heterocycles. The second-order valence-electron chi connectivity index (χ2n) is 13.0. The minimum atomic E-state index is -2.52. The molecular weight excluding hydrogens is 585 g/mol. The van der Waals surface area contributed by atoms with Crippen LogP contribution in [-0.4, -0.2) is 33.6 Å². The summed E-state index contributed by atoms with van der Waals surface area (Å²) in [4.78, 5) is 12.2. The van der Waals surface area contributed by atoms with Crippen molar-refractivity contribution in [3.63, 3.8) is 0 Å². The van der Waals surface area contributed by atoms with E-state index in [1.165, 1.54) is 10.4 Å². The average molecular weight is 639 g/mol. The Morgan fingerprint density at radius 1 is 0.804 bits per heavy atom. The smallest absolute Gasteiger partial charge is 0.334 e. The Bertz CT molecular complexity index is 1330. The first-order valence-electron chi connectivity index (χ1n) is 16.7. The van der Waals surface area contributed by atoms with Crippen LogP contribution in [0.5, 0.6) is 0 Å². The lowest BCUT2D eigenvalue weighted by Crippen LogP contribution is -2.67. The predicted octanol–water partition coefficient (Wildman–Crippen LogP) is 9.11. The molecule has 3 aromatic rings. The van der Waals surface area contributed by atoms with Crippen molar-refractivity contribution in [2.24, 2.45) is 0 Å². The Hall–Kier alpha value is -3.51. The number of methoxy groups -OCH3 is 1.